The summed E-state index contributed by atoms with van der Waals surface area (Å²) >= 11 is 0. The van der Waals surface area contributed by atoms with Gasteiger partial charge in [-0.2, -0.15) is 0 Å². The smallest absolute Gasteiger partial charge is 0.240 e. The lowest BCUT2D eigenvalue weighted by Crippen LogP contribution is -2.46. The molecule has 1 aliphatic rings. The summed E-state index contributed by atoms with van der Waals surface area (Å²) in [5.74, 6) is -0.477. The van der Waals surface area contributed by atoms with E-state index in [4.69, 9.17) is 5.73 Å². The van der Waals surface area contributed by atoms with Crippen LogP contribution in [0.3, 0.4) is 0 Å². The molecule has 0 aromatic heterocycles. The zero-order valence-corrected chi connectivity index (χ0v) is 9.58. The topological polar surface area (TPSA) is 72.2 Å². The largest absolute Gasteiger partial charge is 0.368 e. The Morgan fingerprint density at radius 2 is 2.00 bits per heavy atom. The highest BCUT2D eigenvalue weighted by molar-refractivity contribution is 5.87. The Morgan fingerprint density at radius 3 is 2.50 bits per heavy atom. The van der Waals surface area contributed by atoms with Crippen LogP contribution in [0.4, 0.5) is 0 Å². The molecule has 1 saturated carbocycles. The van der Waals surface area contributed by atoms with Crippen LogP contribution in [-0.4, -0.2) is 17.9 Å². The standard InChI is InChI=1S/C12H20N2O2/c1-2-6-10(11(13)15)14-12(16)9-7-4-3-5-8-9/h2,9-10H,1,3-8H2,(H2,13,15)(H,14,16)/t10-/m0/s1. The number of carbonyl (C=O) groups is 2. The molecule has 0 aliphatic heterocycles. The van der Waals surface area contributed by atoms with Gasteiger partial charge in [-0.3, -0.25) is 9.59 Å². The number of rotatable bonds is 5. The van der Waals surface area contributed by atoms with Crippen LogP contribution < -0.4 is 11.1 Å². The van der Waals surface area contributed by atoms with Crippen LogP contribution in [0.25, 0.3) is 0 Å². The van der Waals surface area contributed by atoms with Crippen molar-refractivity contribution in [3.63, 3.8) is 0 Å². The van der Waals surface area contributed by atoms with Crippen LogP contribution in [-0.2, 0) is 9.59 Å². The molecule has 0 unspecified atom stereocenters. The third kappa shape index (κ3) is 3.68. The van der Waals surface area contributed by atoms with Gasteiger partial charge in [-0.25, -0.2) is 0 Å². The first kappa shape index (κ1) is 12.7. The van der Waals surface area contributed by atoms with Crippen molar-refractivity contribution in [1.82, 2.24) is 5.32 Å². The summed E-state index contributed by atoms with van der Waals surface area (Å²) in [6.45, 7) is 3.54. The number of hydrogen-bond acceptors (Lipinski definition) is 2. The highest BCUT2D eigenvalue weighted by atomic mass is 16.2. The SMILES string of the molecule is C=CC[C@H](NC(=O)C1CCCCC1)C(N)=O. The molecule has 90 valence electrons. The molecule has 0 radical (unpaired) electrons. The summed E-state index contributed by atoms with van der Waals surface area (Å²) in [5, 5.41) is 2.70. The van der Waals surface area contributed by atoms with Gasteiger partial charge in [-0.05, 0) is 19.3 Å². The molecule has 1 atom stereocenters. The zero-order valence-electron chi connectivity index (χ0n) is 9.58. The van der Waals surface area contributed by atoms with E-state index in [1.54, 1.807) is 6.08 Å². The average Bonchev–Trinajstić information content (AvgIpc) is 2.29. The Bertz CT molecular complexity index is 270. The molecule has 3 N–H and O–H groups in total. The summed E-state index contributed by atoms with van der Waals surface area (Å²) < 4.78 is 0. The van der Waals surface area contributed by atoms with E-state index in [9.17, 15) is 9.59 Å². The monoisotopic (exact) mass is 224 g/mol. The van der Waals surface area contributed by atoms with Crippen LogP contribution in [0.2, 0.25) is 0 Å². The predicted octanol–water partition coefficient (Wildman–Crippen LogP) is 1.11. The minimum Gasteiger partial charge on any atom is -0.368 e. The molecular formula is C12H20N2O2. The van der Waals surface area contributed by atoms with Crippen molar-refractivity contribution in [3.05, 3.63) is 12.7 Å². The molecule has 0 heterocycles. The van der Waals surface area contributed by atoms with Crippen LogP contribution in [0.1, 0.15) is 38.5 Å². The second-order valence-electron chi connectivity index (χ2n) is 4.32. The highest BCUT2D eigenvalue weighted by Crippen LogP contribution is 2.23. The van der Waals surface area contributed by atoms with Gasteiger partial charge in [0.25, 0.3) is 0 Å². The molecule has 0 spiro atoms. The van der Waals surface area contributed by atoms with Crippen molar-refractivity contribution in [1.29, 1.82) is 0 Å². The minimum absolute atomic E-state index is 0.0367. The third-order valence-corrected chi connectivity index (χ3v) is 3.04. The van der Waals surface area contributed by atoms with Gasteiger partial charge in [0.2, 0.25) is 11.8 Å². The van der Waals surface area contributed by atoms with Gasteiger partial charge >= 0.3 is 0 Å². The van der Waals surface area contributed by atoms with Crippen molar-refractivity contribution in [2.45, 2.75) is 44.6 Å². The van der Waals surface area contributed by atoms with Crippen molar-refractivity contribution < 1.29 is 9.59 Å². The van der Waals surface area contributed by atoms with Gasteiger partial charge in [0.15, 0.2) is 0 Å². The van der Waals surface area contributed by atoms with Crippen molar-refractivity contribution in [2.75, 3.05) is 0 Å². The number of nitrogens with two attached hydrogens (primary N) is 1. The van der Waals surface area contributed by atoms with E-state index in [0.717, 1.165) is 25.7 Å². The summed E-state index contributed by atoms with van der Waals surface area (Å²) in [4.78, 5) is 22.9. The first-order chi connectivity index (χ1) is 7.65. The zero-order chi connectivity index (χ0) is 12.0. The van der Waals surface area contributed by atoms with Crippen LogP contribution in [0.5, 0.6) is 0 Å². The Balaban J connectivity index is 2.46. The van der Waals surface area contributed by atoms with E-state index < -0.39 is 11.9 Å². The first-order valence-corrected chi connectivity index (χ1v) is 5.85. The number of hydrogen-bond donors (Lipinski definition) is 2. The normalized spacial score (nSPS) is 18.8. The average molecular weight is 224 g/mol. The van der Waals surface area contributed by atoms with Crippen LogP contribution >= 0.6 is 0 Å². The lowest BCUT2D eigenvalue weighted by atomic mass is 9.88. The molecule has 4 heteroatoms. The quantitative estimate of drug-likeness (QED) is 0.687. The summed E-state index contributed by atoms with van der Waals surface area (Å²) in [6, 6.07) is -0.605. The van der Waals surface area contributed by atoms with Gasteiger partial charge in [0.05, 0.1) is 0 Å². The summed E-state index contributed by atoms with van der Waals surface area (Å²) in [7, 11) is 0. The first-order valence-electron chi connectivity index (χ1n) is 5.85. The Labute approximate surface area is 96.3 Å². The Hall–Kier alpha value is -1.32. The maximum Gasteiger partial charge on any atom is 0.240 e. The van der Waals surface area contributed by atoms with Crippen molar-refractivity contribution >= 4 is 11.8 Å². The number of carbonyl (C=O) groups excluding carboxylic acids is 2. The molecule has 0 aromatic carbocycles. The molecule has 4 nitrogen and oxygen atoms in total. The van der Waals surface area contributed by atoms with Gasteiger partial charge in [0.1, 0.15) is 6.04 Å². The Kier molecular flexibility index (Phi) is 5.02. The van der Waals surface area contributed by atoms with E-state index >= 15 is 0 Å². The minimum atomic E-state index is -0.605. The molecule has 0 aromatic rings. The Morgan fingerprint density at radius 1 is 1.38 bits per heavy atom. The molecule has 1 fully saturated rings. The number of nitrogens with one attached hydrogen (secondary N) is 1. The molecule has 1 rings (SSSR count). The van der Waals surface area contributed by atoms with Crippen LogP contribution in [0.15, 0.2) is 12.7 Å². The molecule has 16 heavy (non-hydrogen) atoms. The third-order valence-electron chi connectivity index (χ3n) is 3.04. The van der Waals surface area contributed by atoms with Gasteiger partial charge in [-0.15, -0.1) is 6.58 Å². The van der Waals surface area contributed by atoms with Crippen molar-refractivity contribution in [3.8, 4) is 0 Å². The molecule has 1 aliphatic carbocycles. The summed E-state index contributed by atoms with van der Waals surface area (Å²) in [5.41, 5.74) is 5.20. The number of amides is 2. The second-order valence-corrected chi connectivity index (χ2v) is 4.32. The van der Waals surface area contributed by atoms with Crippen LogP contribution in [0, 0.1) is 5.92 Å². The van der Waals surface area contributed by atoms with E-state index in [-0.39, 0.29) is 11.8 Å². The van der Waals surface area contributed by atoms with E-state index in [1.807, 2.05) is 0 Å². The van der Waals surface area contributed by atoms with E-state index in [2.05, 4.69) is 11.9 Å². The van der Waals surface area contributed by atoms with Crippen molar-refractivity contribution in [2.24, 2.45) is 11.7 Å². The summed E-state index contributed by atoms with van der Waals surface area (Å²) in [6.07, 6.45) is 7.23. The molecular weight excluding hydrogens is 204 g/mol. The van der Waals surface area contributed by atoms with E-state index in [1.165, 1.54) is 6.42 Å². The molecule has 0 saturated heterocycles. The number of primary amides is 1. The fourth-order valence-electron chi connectivity index (χ4n) is 2.07. The highest BCUT2D eigenvalue weighted by Gasteiger charge is 2.24. The second kappa shape index (κ2) is 6.30. The molecule has 0 bridgehead atoms. The van der Waals surface area contributed by atoms with E-state index in [0.29, 0.717) is 6.42 Å². The van der Waals surface area contributed by atoms with Gasteiger partial charge < -0.3 is 11.1 Å². The predicted molar refractivity (Wildman–Crippen MR) is 62.5 cm³/mol. The fourth-order valence-corrected chi connectivity index (χ4v) is 2.07. The lowest BCUT2D eigenvalue weighted by Gasteiger charge is -2.23. The lowest BCUT2D eigenvalue weighted by molar-refractivity contribution is -0.130. The maximum atomic E-state index is 11.8. The maximum absolute atomic E-state index is 11.8. The molecule has 2 amide bonds. The van der Waals surface area contributed by atoms with Gasteiger partial charge in [0, 0.05) is 5.92 Å². The van der Waals surface area contributed by atoms with Gasteiger partial charge in [-0.1, -0.05) is 25.3 Å². The fraction of sp³-hybridized carbons (Fsp3) is 0.667.